The quantitative estimate of drug-likeness (QED) is 0.890. The van der Waals surface area contributed by atoms with Crippen LogP contribution in [0.25, 0.3) is 10.9 Å². The smallest absolute Gasteiger partial charge is 0.132 e. The molecule has 3 rings (SSSR count). The number of Topliss-reactive ketones (excluding diaryl/α,β-unsaturated/α-hetero) is 1. The summed E-state index contributed by atoms with van der Waals surface area (Å²) in [6.45, 7) is -0.316. The van der Waals surface area contributed by atoms with Crippen LogP contribution in [0.1, 0.15) is 42.7 Å². The van der Waals surface area contributed by atoms with Gasteiger partial charge in [0, 0.05) is 36.4 Å². The number of rotatable bonds is 3. The molecular formula is C16H18FNO. The highest BCUT2D eigenvalue weighted by molar-refractivity contribution is 5.85. The van der Waals surface area contributed by atoms with Crippen molar-refractivity contribution in [3.63, 3.8) is 0 Å². The lowest BCUT2D eigenvalue weighted by molar-refractivity contribution is -0.120. The Balaban J connectivity index is 1.94. The van der Waals surface area contributed by atoms with Gasteiger partial charge in [0.2, 0.25) is 0 Å². The van der Waals surface area contributed by atoms with Gasteiger partial charge in [-0.2, -0.15) is 0 Å². The van der Waals surface area contributed by atoms with Crippen molar-refractivity contribution >= 4 is 16.7 Å². The number of aromatic amines is 1. The molecule has 0 saturated heterocycles. The zero-order chi connectivity index (χ0) is 13.2. The Kier molecular flexibility index (Phi) is 3.36. The normalized spacial score (nSPS) is 17.2. The van der Waals surface area contributed by atoms with E-state index in [1.165, 1.54) is 10.9 Å². The fourth-order valence-electron chi connectivity index (χ4n) is 3.04. The number of carbonyl (C=O) groups is 1. The van der Waals surface area contributed by atoms with Crippen LogP contribution in [-0.2, 0) is 11.2 Å². The minimum atomic E-state index is -0.316. The van der Waals surface area contributed by atoms with Crippen molar-refractivity contribution in [3.05, 3.63) is 35.5 Å². The number of nitrogens with one attached hydrogen (secondary N) is 1. The second-order valence-electron chi connectivity index (χ2n) is 5.38. The molecule has 1 saturated carbocycles. The zero-order valence-corrected chi connectivity index (χ0v) is 10.9. The number of hydrogen-bond acceptors (Lipinski definition) is 1. The Morgan fingerprint density at radius 3 is 2.79 bits per heavy atom. The summed E-state index contributed by atoms with van der Waals surface area (Å²) in [6, 6.07) is 6.10. The van der Waals surface area contributed by atoms with Crippen LogP contribution in [-0.4, -0.2) is 17.4 Å². The molecule has 0 unspecified atom stereocenters. The van der Waals surface area contributed by atoms with Crippen LogP contribution >= 0.6 is 0 Å². The van der Waals surface area contributed by atoms with Crippen LogP contribution in [0.3, 0.4) is 0 Å². The van der Waals surface area contributed by atoms with Crippen LogP contribution in [0.4, 0.5) is 4.39 Å². The molecule has 0 spiro atoms. The minimum absolute atomic E-state index is 0.316. The van der Waals surface area contributed by atoms with Gasteiger partial charge in [-0.1, -0.05) is 6.07 Å². The van der Waals surface area contributed by atoms with E-state index in [1.807, 2.05) is 12.1 Å². The molecule has 1 aromatic carbocycles. The number of hydrogen-bond donors (Lipinski definition) is 1. The molecule has 1 fully saturated rings. The maximum absolute atomic E-state index is 12.5. The summed E-state index contributed by atoms with van der Waals surface area (Å²) in [6.07, 6.45) is 5.81. The molecule has 0 radical (unpaired) electrons. The van der Waals surface area contributed by atoms with Gasteiger partial charge >= 0.3 is 0 Å². The van der Waals surface area contributed by atoms with Crippen LogP contribution in [0, 0.1) is 0 Å². The fourth-order valence-corrected chi connectivity index (χ4v) is 3.04. The number of carbonyl (C=O) groups excluding carboxylic acids is 1. The van der Waals surface area contributed by atoms with E-state index in [-0.39, 0.29) is 6.67 Å². The molecule has 1 aromatic heterocycles. The van der Waals surface area contributed by atoms with Gasteiger partial charge in [-0.25, -0.2) is 0 Å². The Morgan fingerprint density at radius 2 is 2.05 bits per heavy atom. The fraction of sp³-hybridized carbons (Fsp3) is 0.438. The van der Waals surface area contributed by atoms with Gasteiger partial charge < -0.3 is 4.98 Å². The molecule has 100 valence electrons. The van der Waals surface area contributed by atoms with Crippen LogP contribution in [0.15, 0.2) is 24.4 Å². The molecule has 1 aliphatic rings. The molecule has 3 heteroatoms. The van der Waals surface area contributed by atoms with E-state index in [1.54, 1.807) is 0 Å². The molecular weight excluding hydrogens is 241 g/mol. The second kappa shape index (κ2) is 5.16. The summed E-state index contributed by atoms with van der Waals surface area (Å²) >= 11 is 0. The molecule has 2 nitrogen and oxygen atoms in total. The van der Waals surface area contributed by atoms with Gasteiger partial charge in [0.15, 0.2) is 0 Å². The monoisotopic (exact) mass is 259 g/mol. The van der Waals surface area contributed by atoms with E-state index in [4.69, 9.17) is 0 Å². The van der Waals surface area contributed by atoms with Gasteiger partial charge in [-0.15, -0.1) is 0 Å². The Labute approximate surface area is 112 Å². The van der Waals surface area contributed by atoms with E-state index in [2.05, 4.69) is 17.2 Å². The average Bonchev–Trinajstić information content (AvgIpc) is 2.83. The average molecular weight is 259 g/mol. The number of benzene rings is 1. The van der Waals surface area contributed by atoms with Crippen molar-refractivity contribution in [3.8, 4) is 0 Å². The van der Waals surface area contributed by atoms with Gasteiger partial charge in [0.1, 0.15) is 5.78 Å². The predicted molar refractivity (Wildman–Crippen MR) is 74.2 cm³/mol. The molecule has 1 heterocycles. The number of alkyl halides is 1. The molecule has 0 atom stereocenters. The number of aromatic nitrogens is 1. The second-order valence-corrected chi connectivity index (χ2v) is 5.38. The first-order chi connectivity index (χ1) is 9.28. The van der Waals surface area contributed by atoms with E-state index < -0.39 is 0 Å². The van der Waals surface area contributed by atoms with Crippen LogP contribution < -0.4 is 0 Å². The Morgan fingerprint density at radius 1 is 1.26 bits per heavy atom. The van der Waals surface area contributed by atoms with Gasteiger partial charge in [-0.3, -0.25) is 9.18 Å². The predicted octanol–water partition coefficient (Wildman–Crippen LogP) is 3.91. The lowest BCUT2D eigenvalue weighted by Gasteiger charge is -2.20. The number of fused-ring (bicyclic) bond motifs is 1. The topological polar surface area (TPSA) is 32.9 Å². The first kappa shape index (κ1) is 12.4. The standard InChI is InChI=1S/C16H18FNO/c17-8-7-11-1-6-16-14(9-11)15(10-18-16)12-2-4-13(19)5-3-12/h1,6,9-10,12,18H,2-5,7-8H2. The SMILES string of the molecule is O=C1CCC(c2c[nH]c3ccc(CCF)cc23)CC1. The van der Waals surface area contributed by atoms with Crippen molar-refractivity contribution in [2.75, 3.05) is 6.67 Å². The molecule has 0 amide bonds. The van der Waals surface area contributed by atoms with Crippen molar-refractivity contribution < 1.29 is 9.18 Å². The Hall–Kier alpha value is -1.64. The highest BCUT2D eigenvalue weighted by Gasteiger charge is 2.22. The van der Waals surface area contributed by atoms with Crippen molar-refractivity contribution in [2.45, 2.75) is 38.0 Å². The maximum atomic E-state index is 12.5. The molecule has 2 aromatic rings. The van der Waals surface area contributed by atoms with E-state index in [0.29, 0.717) is 31.0 Å². The largest absolute Gasteiger partial charge is 0.361 e. The molecule has 1 aliphatic carbocycles. The van der Waals surface area contributed by atoms with E-state index >= 15 is 0 Å². The van der Waals surface area contributed by atoms with Gasteiger partial charge in [0.05, 0.1) is 6.67 Å². The number of halogens is 1. The van der Waals surface area contributed by atoms with Crippen LogP contribution in [0.2, 0.25) is 0 Å². The lowest BCUT2D eigenvalue weighted by Crippen LogP contribution is -2.12. The molecule has 19 heavy (non-hydrogen) atoms. The third-order valence-corrected chi connectivity index (χ3v) is 4.14. The van der Waals surface area contributed by atoms with Crippen molar-refractivity contribution in [1.82, 2.24) is 4.98 Å². The van der Waals surface area contributed by atoms with E-state index in [9.17, 15) is 9.18 Å². The molecule has 0 aliphatic heterocycles. The highest BCUT2D eigenvalue weighted by atomic mass is 19.1. The van der Waals surface area contributed by atoms with Crippen molar-refractivity contribution in [2.24, 2.45) is 0 Å². The summed E-state index contributed by atoms with van der Waals surface area (Å²) in [5.74, 6) is 0.848. The third-order valence-electron chi connectivity index (χ3n) is 4.14. The molecule has 1 N–H and O–H groups in total. The third kappa shape index (κ3) is 2.42. The van der Waals surface area contributed by atoms with Crippen molar-refractivity contribution in [1.29, 1.82) is 0 Å². The number of ketones is 1. The summed E-state index contributed by atoms with van der Waals surface area (Å²) in [5, 5.41) is 1.20. The minimum Gasteiger partial charge on any atom is -0.361 e. The lowest BCUT2D eigenvalue weighted by atomic mass is 9.83. The maximum Gasteiger partial charge on any atom is 0.132 e. The number of H-pyrrole nitrogens is 1. The van der Waals surface area contributed by atoms with E-state index in [0.717, 1.165) is 23.9 Å². The highest BCUT2D eigenvalue weighted by Crippen LogP contribution is 2.35. The van der Waals surface area contributed by atoms with Crippen LogP contribution in [0.5, 0.6) is 0 Å². The summed E-state index contributed by atoms with van der Waals surface area (Å²) in [5.41, 5.74) is 3.44. The first-order valence-electron chi connectivity index (χ1n) is 6.95. The summed E-state index contributed by atoms with van der Waals surface area (Å²) in [7, 11) is 0. The van der Waals surface area contributed by atoms with Gasteiger partial charge in [-0.05, 0) is 42.0 Å². The summed E-state index contributed by atoms with van der Waals surface area (Å²) in [4.78, 5) is 14.6. The van der Waals surface area contributed by atoms with Gasteiger partial charge in [0.25, 0.3) is 0 Å². The molecule has 0 bridgehead atoms. The summed E-state index contributed by atoms with van der Waals surface area (Å²) < 4.78 is 12.5. The Bertz CT molecular complexity index is 592. The zero-order valence-electron chi connectivity index (χ0n) is 10.9. The number of aryl methyl sites for hydroxylation is 1. The first-order valence-corrected chi connectivity index (χ1v) is 6.95.